The third kappa shape index (κ3) is 8.55. The first-order valence-corrected chi connectivity index (χ1v) is 16.3. The van der Waals surface area contributed by atoms with Crippen LogP contribution in [0.5, 0.6) is 0 Å². The summed E-state index contributed by atoms with van der Waals surface area (Å²) in [6.45, 7) is 1.38. The molecule has 246 valence electrons. The largest absolute Gasteiger partial charge is 0.511 e. The van der Waals surface area contributed by atoms with Gasteiger partial charge < -0.3 is 30.5 Å². The number of anilines is 1. The predicted octanol–water partition coefficient (Wildman–Crippen LogP) is 3.39. The van der Waals surface area contributed by atoms with Gasteiger partial charge in [-0.05, 0) is 25.7 Å². The summed E-state index contributed by atoms with van der Waals surface area (Å²) in [7, 11) is 0. The highest BCUT2D eigenvalue weighted by Gasteiger charge is 2.55. The number of oxime groups is 1. The summed E-state index contributed by atoms with van der Waals surface area (Å²) in [4.78, 5) is 57.7. The van der Waals surface area contributed by atoms with Gasteiger partial charge in [-0.25, -0.2) is 14.6 Å². The number of ether oxygens (including phenoxy) is 3. The van der Waals surface area contributed by atoms with E-state index in [4.69, 9.17) is 19.9 Å². The maximum atomic E-state index is 13.5. The van der Waals surface area contributed by atoms with E-state index in [1.807, 2.05) is 0 Å². The Morgan fingerprint density at radius 2 is 2.02 bits per heavy atom. The molecular weight excluding hydrogens is 693 g/mol. The second-order valence-electron chi connectivity index (χ2n) is 9.77. The zero-order valence-electron chi connectivity index (χ0n) is 23.7. The van der Waals surface area contributed by atoms with Crippen molar-refractivity contribution >= 4 is 94.5 Å². The van der Waals surface area contributed by atoms with Crippen molar-refractivity contribution < 1.29 is 38.6 Å². The normalized spacial score (nSPS) is 20.5. The molecule has 3 aliphatic rings. The molecule has 2 aromatic heterocycles. The lowest BCUT2D eigenvalue weighted by atomic mass is 9.98. The number of amides is 2. The van der Waals surface area contributed by atoms with Crippen LogP contribution in [0.4, 0.5) is 9.93 Å². The quantitative estimate of drug-likeness (QED) is 0.0692. The number of aromatic nitrogens is 3. The number of fused-ring (bicyclic) bond motifs is 1. The Bertz CT molecular complexity index is 1440. The first-order valence-electron chi connectivity index (χ1n) is 13.4. The summed E-state index contributed by atoms with van der Waals surface area (Å²) in [6, 6.07) is -1.02. The number of nitrogens with one attached hydrogen (secondary N) is 2. The van der Waals surface area contributed by atoms with E-state index in [0.717, 1.165) is 49.0 Å². The summed E-state index contributed by atoms with van der Waals surface area (Å²) in [5.74, 6) is -1.48. The number of H-pyrrole nitrogens is 1. The lowest BCUT2D eigenvalue weighted by Crippen LogP contribution is -2.71. The minimum atomic E-state index is -1.29. The third-order valence-electron chi connectivity index (χ3n) is 6.81. The van der Waals surface area contributed by atoms with Gasteiger partial charge in [-0.15, -0.1) is 59.7 Å². The van der Waals surface area contributed by atoms with E-state index < -0.39 is 47.4 Å². The molecular formula is C25H31Cl2N7O8S3. The van der Waals surface area contributed by atoms with Crippen LogP contribution in [-0.4, -0.2) is 84.5 Å². The summed E-state index contributed by atoms with van der Waals surface area (Å²) in [5, 5.41) is 22.6. The molecule has 2 amide bonds. The molecule has 45 heavy (non-hydrogen) atoms. The van der Waals surface area contributed by atoms with Gasteiger partial charge in [-0.3, -0.25) is 19.6 Å². The van der Waals surface area contributed by atoms with E-state index in [2.05, 4.69) is 25.7 Å². The molecule has 15 nitrogen and oxygen atoms in total. The number of β-lactam (4-membered cyclic amide) rings is 1. The molecule has 0 spiro atoms. The average molecular weight is 725 g/mol. The number of nitrogens with zero attached hydrogens (tertiary/aromatic N) is 4. The van der Waals surface area contributed by atoms with Crippen molar-refractivity contribution in [3.8, 4) is 0 Å². The lowest BCUT2D eigenvalue weighted by Gasteiger charge is -2.49. The van der Waals surface area contributed by atoms with E-state index in [1.54, 1.807) is 12.4 Å². The van der Waals surface area contributed by atoms with E-state index >= 15 is 0 Å². The molecule has 20 heteroatoms. The van der Waals surface area contributed by atoms with Crippen molar-refractivity contribution in [1.82, 2.24) is 25.4 Å². The van der Waals surface area contributed by atoms with Gasteiger partial charge in [-0.2, -0.15) is 5.10 Å². The predicted molar refractivity (Wildman–Crippen MR) is 171 cm³/mol. The lowest BCUT2D eigenvalue weighted by molar-refractivity contribution is -0.169. The molecule has 2 aromatic rings. The summed E-state index contributed by atoms with van der Waals surface area (Å²) in [6.07, 6.45) is 5.45. The van der Waals surface area contributed by atoms with Crippen LogP contribution in [0, 0.1) is 0 Å². The molecule has 0 bridgehead atoms. The van der Waals surface area contributed by atoms with Crippen LogP contribution in [0.1, 0.15) is 50.3 Å². The highest BCUT2D eigenvalue weighted by Crippen LogP contribution is 2.44. The number of thiazole rings is 1. The van der Waals surface area contributed by atoms with Crippen molar-refractivity contribution in [3.63, 3.8) is 0 Å². The van der Waals surface area contributed by atoms with Crippen LogP contribution in [0.15, 0.2) is 33.5 Å². The zero-order valence-corrected chi connectivity index (χ0v) is 27.8. The Balaban J connectivity index is 0.00000276. The molecule has 1 saturated carbocycles. The maximum Gasteiger partial charge on any atom is 0.511 e. The number of thioether (sulfide) groups is 2. The fraction of sp³-hybridized carbons (Fsp3) is 0.480. The van der Waals surface area contributed by atoms with Gasteiger partial charge in [0.15, 0.2) is 10.8 Å². The Hall–Kier alpha value is -3.19. The zero-order chi connectivity index (χ0) is 30.5. The van der Waals surface area contributed by atoms with Gasteiger partial charge in [0, 0.05) is 40.5 Å². The van der Waals surface area contributed by atoms with Crippen LogP contribution >= 0.6 is 59.7 Å². The highest BCUT2D eigenvalue weighted by molar-refractivity contribution is 8.05. The number of carbonyl (C=O) groups excluding carboxylic acids is 4. The number of hydrogen-bond acceptors (Lipinski definition) is 15. The Kier molecular flexibility index (Phi) is 13.2. The third-order valence-corrected chi connectivity index (χ3v) is 10.1. The molecule has 3 atom stereocenters. The van der Waals surface area contributed by atoms with Crippen molar-refractivity contribution in [2.75, 3.05) is 11.5 Å². The van der Waals surface area contributed by atoms with Gasteiger partial charge in [-0.1, -0.05) is 11.6 Å². The molecule has 0 aromatic carbocycles. The first kappa shape index (κ1) is 36.3. The van der Waals surface area contributed by atoms with Crippen LogP contribution in [0.25, 0.3) is 0 Å². The van der Waals surface area contributed by atoms with Gasteiger partial charge in [0.1, 0.15) is 28.9 Å². The Morgan fingerprint density at radius 1 is 1.27 bits per heavy atom. The molecule has 1 aliphatic carbocycles. The summed E-state index contributed by atoms with van der Waals surface area (Å²) >= 11 is 3.73. The number of nitrogens with two attached hydrogens (primary N) is 1. The number of aromatic amines is 1. The summed E-state index contributed by atoms with van der Waals surface area (Å²) < 4.78 is 16.0. The van der Waals surface area contributed by atoms with E-state index in [9.17, 15) is 24.4 Å². The van der Waals surface area contributed by atoms with Crippen LogP contribution in [0.2, 0.25) is 0 Å². The topological polar surface area (TPSA) is 211 Å². The molecule has 1 saturated heterocycles. The molecule has 0 radical (unpaired) electrons. The fourth-order valence-corrected chi connectivity index (χ4v) is 7.85. The van der Waals surface area contributed by atoms with Crippen LogP contribution in [-0.2, 0) is 34.3 Å². The second-order valence-corrected chi connectivity index (χ2v) is 12.8. The van der Waals surface area contributed by atoms with Crippen molar-refractivity contribution in [3.05, 3.63) is 39.6 Å². The van der Waals surface area contributed by atoms with E-state index in [-0.39, 0.29) is 47.4 Å². The smallest absolute Gasteiger partial charge is 0.431 e. The highest BCUT2D eigenvalue weighted by atomic mass is 35.5. The number of esters is 1. The van der Waals surface area contributed by atoms with Gasteiger partial charge in [0.25, 0.3) is 11.8 Å². The SMILES string of the molecule is CC(OC(=O)OC1CCCCC1)OC(=O)C1=C(SCc2cn[nH]c2)CS[C@@H]2[C@H](NC(=O)/C(=N/O)c3csc(N)n3)C(=O)N12.Cl.Cl. The molecule has 1 unspecified atom stereocenters. The molecule has 2 fully saturated rings. The van der Waals surface area contributed by atoms with Gasteiger partial charge in [0.05, 0.1) is 6.20 Å². The first-order chi connectivity index (χ1) is 20.7. The molecule has 5 N–H and O–H groups in total. The number of hydrogen-bond donors (Lipinski definition) is 4. The molecule has 5 rings (SSSR count). The average Bonchev–Trinajstić information content (AvgIpc) is 3.67. The minimum absolute atomic E-state index is 0. The van der Waals surface area contributed by atoms with Crippen molar-refractivity contribution in [2.45, 2.75) is 68.6 Å². The van der Waals surface area contributed by atoms with Crippen molar-refractivity contribution in [1.29, 1.82) is 0 Å². The van der Waals surface area contributed by atoms with Gasteiger partial charge >= 0.3 is 12.1 Å². The van der Waals surface area contributed by atoms with Gasteiger partial charge in [0.2, 0.25) is 6.29 Å². The molecule has 4 heterocycles. The fourth-order valence-electron chi connectivity index (χ4n) is 4.75. The Morgan fingerprint density at radius 3 is 2.67 bits per heavy atom. The number of nitrogen functional groups attached to an aromatic ring is 1. The second kappa shape index (κ2) is 16.4. The minimum Gasteiger partial charge on any atom is -0.431 e. The van der Waals surface area contributed by atoms with E-state index in [0.29, 0.717) is 16.4 Å². The van der Waals surface area contributed by atoms with Crippen LogP contribution < -0.4 is 11.1 Å². The van der Waals surface area contributed by atoms with Crippen LogP contribution in [0.3, 0.4) is 0 Å². The summed E-state index contributed by atoms with van der Waals surface area (Å²) in [5.41, 5.74) is 6.14. The Labute approximate surface area is 282 Å². The number of halogens is 2. The van der Waals surface area contributed by atoms with E-state index in [1.165, 1.54) is 40.7 Å². The van der Waals surface area contributed by atoms with Crippen molar-refractivity contribution in [2.24, 2.45) is 5.16 Å². The monoisotopic (exact) mass is 723 g/mol. The molecule has 2 aliphatic heterocycles. The standard InChI is InChI=1S/C25H29N7O8S3.2ClH/c1-12(39-25(36)40-14-5-3-2-4-6-14)38-23(35)19-16(41-9-13-7-27-28-8-13)11-42-22-18(21(34)32(19)22)30-20(33)17(31-37)15-10-43-24(26)29-15;;/h7-8,10,12,14,18,22,37H,2-6,9,11H2,1H3,(H2,26,29)(H,27,28)(H,30,33);2*1H/b31-17+;;/t12?,18-,22-;;/m1../s1. The maximum absolute atomic E-state index is 13.5. The number of carbonyl (C=O) groups is 4. The number of rotatable bonds is 10.